The van der Waals surface area contributed by atoms with Gasteiger partial charge < -0.3 is 9.84 Å². The lowest BCUT2D eigenvalue weighted by Crippen LogP contribution is -2.37. The molecule has 0 saturated heterocycles. The number of rotatable bonds is 4. The second kappa shape index (κ2) is 7.16. The number of aromatic nitrogens is 5. The van der Waals surface area contributed by atoms with E-state index >= 15 is 0 Å². The lowest BCUT2D eigenvalue weighted by molar-refractivity contribution is 0.417. The number of pyridine rings is 1. The van der Waals surface area contributed by atoms with Crippen LogP contribution >= 0.6 is 12.4 Å². The van der Waals surface area contributed by atoms with E-state index in [0.717, 1.165) is 4.57 Å². The van der Waals surface area contributed by atoms with Crippen molar-refractivity contribution in [3.63, 3.8) is 0 Å². The third-order valence-electron chi connectivity index (χ3n) is 3.97. The smallest absolute Gasteiger partial charge is 0.332 e. The molecule has 0 saturated carbocycles. The molecule has 25 heavy (non-hydrogen) atoms. The molecular weight excluding hydrogens is 348 g/mol. The highest BCUT2D eigenvalue weighted by Crippen LogP contribution is 2.17. The average Bonchev–Trinajstić information content (AvgIpc) is 3.05. The molecule has 0 spiro atoms. The Hall–Kier alpha value is -2.52. The molecule has 0 aliphatic carbocycles. The van der Waals surface area contributed by atoms with Crippen LogP contribution in [0.5, 0.6) is 0 Å². The Kier molecular flexibility index (Phi) is 5.39. The number of aryl methyl sites for hydroxylation is 1. The van der Waals surface area contributed by atoms with Crippen LogP contribution in [-0.4, -0.2) is 37.3 Å². The van der Waals surface area contributed by atoms with Crippen LogP contribution in [0.25, 0.3) is 22.6 Å². The van der Waals surface area contributed by atoms with E-state index in [1.165, 1.54) is 11.6 Å². The van der Waals surface area contributed by atoms with Gasteiger partial charge >= 0.3 is 5.69 Å². The van der Waals surface area contributed by atoms with Crippen LogP contribution in [0.3, 0.4) is 0 Å². The molecule has 0 fully saturated rings. The van der Waals surface area contributed by atoms with Gasteiger partial charge in [0, 0.05) is 26.6 Å². The van der Waals surface area contributed by atoms with Crippen molar-refractivity contribution in [1.29, 1.82) is 0 Å². The van der Waals surface area contributed by atoms with Crippen LogP contribution in [-0.2, 0) is 20.5 Å². The molecule has 0 amide bonds. The Balaban J connectivity index is 0.00000225. The summed E-state index contributed by atoms with van der Waals surface area (Å²) in [7, 11) is 4.86. The first kappa shape index (κ1) is 18.8. The predicted molar refractivity (Wildman–Crippen MR) is 95.0 cm³/mol. The highest BCUT2D eigenvalue weighted by atomic mass is 35.5. The molecule has 0 aliphatic heterocycles. The summed E-state index contributed by atoms with van der Waals surface area (Å²) >= 11 is 0. The minimum absolute atomic E-state index is 0. The molecule has 10 heteroatoms. The van der Waals surface area contributed by atoms with Crippen molar-refractivity contribution in [2.24, 2.45) is 14.1 Å². The van der Waals surface area contributed by atoms with Crippen LogP contribution in [0.4, 0.5) is 0 Å². The van der Waals surface area contributed by atoms with Gasteiger partial charge in [0.05, 0.1) is 5.39 Å². The third kappa shape index (κ3) is 3.33. The number of hydrogen-bond acceptors (Lipinski definition) is 7. The fraction of sp³-hybridized carbons (Fsp3) is 0.400. The summed E-state index contributed by atoms with van der Waals surface area (Å²) < 4.78 is 7.62. The van der Waals surface area contributed by atoms with Crippen molar-refractivity contribution in [2.75, 3.05) is 7.05 Å². The Morgan fingerprint density at radius 3 is 2.60 bits per heavy atom. The Morgan fingerprint density at radius 2 is 1.92 bits per heavy atom. The highest BCUT2D eigenvalue weighted by Gasteiger charge is 2.15. The number of hydrogen-bond donors (Lipinski definition) is 1. The van der Waals surface area contributed by atoms with E-state index in [0.29, 0.717) is 23.3 Å². The maximum atomic E-state index is 12.2. The van der Waals surface area contributed by atoms with Gasteiger partial charge in [0.1, 0.15) is 11.3 Å². The zero-order valence-corrected chi connectivity index (χ0v) is 15.1. The van der Waals surface area contributed by atoms with Crippen LogP contribution < -0.4 is 16.6 Å². The Bertz CT molecular complexity index is 1020. The Morgan fingerprint density at radius 1 is 1.20 bits per heavy atom. The highest BCUT2D eigenvalue weighted by molar-refractivity contribution is 5.85. The van der Waals surface area contributed by atoms with Crippen LogP contribution in [0.1, 0.15) is 12.7 Å². The van der Waals surface area contributed by atoms with Gasteiger partial charge in [-0.3, -0.25) is 13.9 Å². The second-order valence-corrected chi connectivity index (χ2v) is 5.68. The fourth-order valence-electron chi connectivity index (χ4n) is 2.39. The molecule has 9 nitrogen and oxygen atoms in total. The second-order valence-electron chi connectivity index (χ2n) is 5.68. The zero-order valence-electron chi connectivity index (χ0n) is 14.3. The molecule has 3 rings (SSSR count). The molecule has 0 aromatic carbocycles. The maximum absolute atomic E-state index is 12.2. The minimum atomic E-state index is -0.439. The molecule has 0 bridgehead atoms. The molecule has 134 valence electrons. The normalized spacial score (nSPS) is 12.2. The maximum Gasteiger partial charge on any atom is 0.332 e. The molecule has 0 aliphatic rings. The SMILES string of the molecule is CNC(C)Cc1noc(-c2ccc3c(=O)n(C)c(=O)n(C)c3n2)n1.Cl. The first-order chi connectivity index (χ1) is 11.4. The van der Waals surface area contributed by atoms with Gasteiger partial charge in [0.2, 0.25) is 0 Å². The van der Waals surface area contributed by atoms with E-state index in [1.807, 2.05) is 14.0 Å². The van der Waals surface area contributed by atoms with Crippen molar-refractivity contribution < 1.29 is 4.52 Å². The van der Waals surface area contributed by atoms with Crippen molar-refractivity contribution in [1.82, 2.24) is 29.6 Å². The van der Waals surface area contributed by atoms with E-state index < -0.39 is 5.69 Å². The van der Waals surface area contributed by atoms with Gasteiger partial charge in [0.15, 0.2) is 5.82 Å². The van der Waals surface area contributed by atoms with E-state index in [1.54, 1.807) is 19.2 Å². The van der Waals surface area contributed by atoms with Gasteiger partial charge in [-0.25, -0.2) is 9.78 Å². The quantitative estimate of drug-likeness (QED) is 0.705. The number of fused-ring (bicyclic) bond motifs is 1. The van der Waals surface area contributed by atoms with Gasteiger partial charge in [-0.1, -0.05) is 5.16 Å². The summed E-state index contributed by atoms with van der Waals surface area (Å²) in [4.78, 5) is 32.9. The summed E-state index contributed by atoms with van der Waals surface area (Å²) in [5, 5.41) is 7.38. The van der Waals surface area contributed by atoms with Gasteiger partial charge in [0.25, 0.3) is 11.4 Å². The Labute approximate surface area is 149 Å². The molecule has 1 N–H and O–H groups in total. The summed E-state index contributed by atoms with van der Waals surface area (Å²) in [6, 6.07) is 3.45. The number of halogens is 1. The van der Waals surface area contributed by atoms with Gasteiger partial charge in [-0.15, -0.1) is 12.4 Å². The van der Waals surface area contributed by atoms with Gasteiger partial charge in [-0.2, -0.15) is 4.98 Å². The molecule has 1 unspecified atom stereocenters. The van der Waals surface area contributed by atoms with E-state index in [4.69, 9.17) is 4.52 Å². The lowest BCUT2D eigenvalue weighted by atomic mass is 10.2. The van der Waals surface area contributed by atoms with E-state index in [-0.39, 0.29) is 35.5 Å². The van der Waals surface area contributed by atoms with Crippen molar-refractivity contribution in [2.45, 2.75) is 19.4 Å². The van der Waals surface area contributed by atoms with Crippen LogP contribution in [0.2, 0.25) is 0 Å². The molecular formula is C15H19ClN6O3. The van der Waals surface area contributed by atoms with Crippen molar-refractivity contribution in [3.8, 4) is 11.6 Å². The number of likely N-dealkylation sites (N-methyl/N-ethyl adjacent to an activating group) is 1. The fourth-order valence-corrected chi connectivity index (χ4v) is 2.39. The third-order valence-corrected chi connectivity index (χ3v) is 3.97. The lowest BCUT2D eigenvalue weighted by Gasteiger charge is -2.06. The summed E-state index contributed by atoms with van der Waals surface area (Å²) in [5.74, 6) is 0.815. The monoisotopic (exact) mass is 366 g/mol. The molecule has 3 aromatic heterocycles. The van der Waals surface area contributed by atoms with E-state index in [2.05, 4.69) is 20.4 Å². The average molecular weight is 367 g/mol. The molecule has 3 aromatic rings. The summed E-state index contributed by atoms with van der Waals surface area (Å²) in [6.07, 6.45) is 0.618. The first-order valence-corrected chi connectivity index (χ1v) is 7.49. The number of nitrogens with zero attached hydrogens (tertiary/aromatic N) is 5. The molecule has 0 radical (unpaired) electrons. The van der Waals surface area contributed by atoms with E-state index in [9.17, 15) is 9.59 Å². The van der Waals surface area contributed by atoms with Crippen LogP contribution in [0, 0.1) is 0 Å². The molecule has 3 heterocycles. The standard InChI is InChI=1S/C15H18N6O3.ClH/c1-8(16-2)7-11-18-13(24-19-11)10-6-5-9-12(17-10)20(3)15(23)21(4)14(9)22;/h5-6,8,16H,7H2,1-4H3;1H. The van der Waals surface area contributed by atoms with Crippen molar-refractivity contribution >= 4 is 23.4 Å². The largest absolute Gasteiger partial charge is 0.332 e. The zero-order chi connectivity index (χ0) is 17.4. The molecule has 1 atom stereocenters. The summed E-state index contributed by atoms with van der Waals surface area (Å²) in [5.41, 5.74) is -0.127. The van der Waals surface area contributed by atoms with Gasteiger partial charge in [-0.05, 0) is 26.1 Å². The predicted octanol–water partition coefficient (Wildman–Crippen LogP) is 0.254. The number of nitrogens with one attached hydrogen (secondary N) is 1. The topological polar surface area (TPSA) is 108 Å². The van der Waals surface area contributed by atoms with Crippen molar-refractivity contribution in [3.05, 3.63) is 38.8 Å². The first-order valence-electron chi connectivity index (χ1n) is 7.49. The minimum Gasteiger partial charge on any atom is -0.332 e. The summed E-state index contributed by atoms with van der Waals surface area (Å²) in [6.45, 7) is 2.01. The van der Waals surface area contributed by atoms with Crippen LogP contribution in [0.15, 0.2) is 26.2 Å².